The van der Waals surface area contributed by atoms with Crippen molar-refractivity contribution in [3.8, 4) is 22.3 Å². The van der Waals surface area contributed by atoms with E-state index in [4.69, 9.17) is 0 Å². The van der Waals surface area contributed by atoms with Crippen LogP contribution < -0.4 is 0 Å². The standard InChI is InChI=1S/C29H28/c1-20-5-11-24(12-6-20)28-15-9-22(3)17-26(28)19-27-18-23(4)10-16-29(27)25-13-7-21(2)8-14-25/h5-18H,19H2,1-4H3. The highest BCUT2D eigenvalue weighted by molar-refractivity contribution is 5.72. The average Bonchev–Trinajstić information content (AvgIpc) is 2.70. The second-order valence-corrected chi connectivity index (χ2v) is 8.23. The summed E-state index contributed by atoms with van der Waals surface area (Å²) in [6.07, 6.45) is 0.926. The van der Waals surface area contributed by atoms with Crippen LogP contribution >= 0.6 is 0 Å². The van der Waals surface area contributed by atoms with Crippen molar-refractivity contribution in [2.45, 2.75) is 34.1 Å². The Kier molecular flexibility index (Phi) is 5.36. The molecular formula is C29H28. The molecule has 0 bridgehead atoms. The van der Waals surface area contributed by atoms with Gasteiger partial charge in [-0.15, -0.1) is 0 Å². The summed E-state index contributed by atoms with van der Waals surface area (Å²) < 4.78 is 0. The zero-order chi connectivity index (χ0) is 20.4. The summed E-state index contributed by atoms with van der Waals surface area (Å²) in [6.45, 7) is 8.64. The Bertz CT molecular complexity index is 1040. The van der Waals surface area contributed by atoms with Crippen molar-refractivity contribution in [2.24, 2.45) is 0 Å². The predicted molar refractivity (Wildman–Crippen MR) is 126 cm³/mol. The van der Waals surface area contributed by atoms with Gasteiger partial charge < -0.3 is 0 Å². The largest absolute Gasteiger partial charge is 0.0587 e. The number of rotatable bonds is 4. The molecule has 0 aliphatic rings. The van der Waals surface area contributed by atoms with E-state index in [-0.39, 0.29) is 0 Å². The normalized spacial score (nSPS) is 10.9. The van der Waals surface area contributed by atoms with Crippen LogP contribution in [0.1, 0.15) is 33.4 Å². The number of hydrogen-bond acceptors (Lipinski definition) is 0. The minimum Gasteiger partial charge on any atom is -0.0587 e. The summed E-state index contributed by atoms with van der Waals surface area (Å²) in [5.74, 6) is 0. The van der Waals surface area contributed by atoms with Crippen LogP contribution in [0, 0.1) is 27.7 Å². The third-order valence-electron chi connectivity index (χ3n) is 5.63. The molecule has 0 nitrogen and oxygen atoms in total. The smallest absolute Gasteiger partial charge is 0.00133 e. The molecule has 0 aromatic heterocycles. The van der Waals surface area contributed by atoms with Crippen molar-refractivity contribution in [2.75, 3.05) is 0 Å². The molecule has 4 aromatic carbocycles. The second-order valence-electron chi connectivity index (χ2n) is 8.23. The van der Waals surface area contributed by atoms with Crippen LogP contribution in [0.25, 0.3) is 22.3 Å². The van der Waals surface area contributed by atoms with E-state index in [1.54, 1.807) is 0 Å². The van der Waals surface area contributed by atoms with Gasteiger partial charge in [0.05, 0.1) is 0 Å². The first-order valence-corrected chi connectivity index (χ1v) is 10.3. The van der Waals surface area contributed by atoms with E-state index in [2.05, 4.69) is 113 Å². The predicted octanol–water partition coefficient (Wildman–Crippen LogP) is 7.85. The molecule has 0 amide bonds. The van der Waals surface area contributed by atoms with Crippen LogP contribution in [0.3, 0.4) is 0 Å². The molecule has 0 N–H and O–H groups in total. The lowest BCUT2D eigenvalue weighted by molar-refractivity contribution is 1.17. The van der Waals surface area contributed by atoms with Crippen LogP contribution in [0.5, 0.6) is 0 Å². The average molecular weight is 377 g/mol. The van der Waals surface area contributed by atoms with E-state index in [0.29, 0.717) is 0 Å². The third-order valence-corrected chi connectivity index (χ3v) is 5.63. The highest BCUT2D eigenvalue weighted by atomic mass is 14.2. The SMILES string of the molecule is Cc1ccc(-c2ccc(C)cc2Cc2cc(C)ccc2-c2ccc(C)cc2)cc1. The van der Waals surface area contributed by atoms with Gasteiger partial charge in [0, 0.05) is 0 Å². The third kappa shape index (κ3) is 4.32. The lowest BCUT2D eigenvalue weighted by Gasteiger charge is -2.16. The van der Waals surface area contributed by atoms with Gasteiger partial charge in [0.25, 0.3) is 0 Å². The minimum atomic E-state index is 0.926. The molecule has 0 atom stereocenters. The Morgan fingerprint density at radius 1 is 0.414 bits per heavy atom. The zero-order valence-corrected chi connectivity index (χ0v) is 17.8. The molecule has 0 heterocycles. The highest BCUT2D eigenvalue weighted by Crippen LogP contribution is 2.31. The molecule has 0 saturated heterocycles. The lowest BCUT2D eigenvalue weighted by Crippen LogP contribution is -1.97. The quantitative estimate of drug-likeness (QED) is 0.340. The monoisotopic (exact) mass is 376 g/mol. The van der Waals surface area contributed by atoms with Gasteiger partial charge >= 0.3 is 0 Å². The van der Waals surface area contributed by atoms with Crippen molar-refractivity contribution in [1.82, 2.24) is 0 Å². The minimum absolute atomic E-state index is 0.926. The van der Waals surface area contributed by atoms with E-state index < -0.39 is 0 Å². The van der Waals surface area contributed by atoms with Gasteiger partial charge in [0.15, 0.2) is 0 Å². The molecule has 4 aromatic rings. The summed E-state index contributed by atoms with van der Waals surface area (Å²) in [7, 11) is 0. The number of benzene rings is 4. The van der Waals surface area contributed by atoms with Crippen LogP contribution in [0.2, 0.25) is 0 Å². The van der Waals surface area contributed by atoms with E-state index in [1.807, 2.05) is 0 Å². The van der Waals surface area contributed by atoms with E-state index in [9.17, 15) is 0 Å². The van der Waals surface area contributed by atoms with E-state index in [1.165, 1.54) is 55.6 Å². The molecular weight excluding hydrogens is 348 g/mol. The van der Waals surface area contributed by atoms with Crippen molar-refractivity contribution >= 4 is 0 Å². The summed E-state index contributed by atoms with van der Waals surface area (Å²) in [4.78, 5) is 0. The zero-order valence-electron chi connectivity index (χ0n) is 17.8. The summed E-state index contributed by atoms with van der Waals surface area (Å²) in [5, 5.41) is 0. The van der Waals surface area contributed by atoms with E-state index in [0.717, 1.165) is 6.42 Å². The van der Waals surface area contributed by atoms with Gasteiger partial charge in [-0.05, 0) is 67.5 Å². The molecule has 0 fully saturated rings. The number of hydrogen-bond donors (Lipinski definition) is 0. The summed E-state index contributed by atoms with van der Waals surface area (Å²) in [6, 6.07) is 31.4. The second kappa shape index (κ2) is 8.09. The molecule has 0 unspecified atom stereocenters. The van der Waals surface area contributed by atoms with Crippen molar-refractivity contribution in [3.05, 3.63) is 118 Å². The Balaban J connectivity index is 1.80. The Morgan fingerprint density at radius 2 is 0.759 bits per heavy atom. The van der Waals surface area contributed by atoms with Crippen LogP contribution in [-0.4, -0.2) is 0 Å². The molecule has 4 rings (SSSR count). The van der Waals surface area contributed by atoms with Crippen molar-refractivity contribution in [3.63, 3.8) is 0 Å². The Labute approximate surface area is 174 Å². The van der Waals surface area contributed by atoms with E-state index >= 15 is 0 Å². The van der Waals surface area contributed by atoms with Gasteiger partial charge in [-0.25, -0.2) is 0 Å². The molecule has 0 heteroatoms. The Hall–Kier alpha value is -3.12. The molecule has 0 aliphatic heterocycles. The molecule has 0 spiro atoms. The molecule has 0 radical (unpaired) electrons. The molecule has 0 aliphatic carbocycles. The van der Waals surface area contributed by atoms with Crippen LogP contribution in [0.15, 0.2) is 84.9 Å². The topological polar surface area (TPSA) is 0 Å². The fourth-order valence-corrected chi connectivity index (χ4v) is 3.97. The van der Waals surface area contributed by atoms with Gasteiger partial charge in [-0.1, -0.05) is 107 Å². The summed E-state index contributed by atoms with van der Waals surface area (Å²) in [5.41, 5.74) is 13.2. The van der Waals surface area contributed by atoms with Crippen LogP contribution in [-0.2, 0) is 6.42 Å². The van der Waals surface area contributed by atoms with Gasteiger partial charge in [0.2, 0.25) is 0 Å². The maximum Gasteiger partial charge on any atom is -0.00133 e. The first-order chi connectivity index (χ1) is 14.0. The Morgan fingerprint density at radius 3 is 1.14 bits per heavy atom. The first kappa shape index (κ1) is 19.2. The van der Waals surface area contributed by atoms with Crippen LogP contribution in [0.4, 0.5) is 0 Å². The molecule has 29 heavy (non-hydrogen) atoms. The van der Waals surface area contributed by atoms with Gasteiger partial charge in [-0.3, -0.25) is 0 Å². The maximum atomic E-state index is 2.34. The molecule has 0 saturated carbocycles. The lowest BCUT2D eigenvalue weighted by atomic mass is 9.89. The fraction of sp³-hybridized carbons (Fsp3) is 0.172. The highest BCUT2D eigenvalue weighted by Gasteiger charge is 2.11. The fourth-order valence-electron chi connectivity index (χ4n) is 3.97. The van der Waals surface area contributed by atoms with Gasteiger partial charge in [0.1, 0.15) is 0 Å². The summed E-state index contributed by atoms with van der Waals surface area (Å²) >= 11 is 0. The van der Waals surface area contributed by atoms with Crippen molar-refractivity contribution < 1.29 is 0 Å². The first-order valence-electron chi connectivity index (χ1n) is 10.3. The molecule has 144 valence electrons. The maximum absolute atomic E-state index is 2.34. The van der Waals surface area contributed by atoms with Gasteiger partial charge in [-0.2, -0.15) is 0 Å². The number of aryl methyl sites for hydroxylation is 4. The van der Waals surface area contributed by atoms with Crippen molar-refractivity contribution in [1.29, 1.82) is 0 Å².